The van der Waals surface area contributed by atoms with Gasteiger partial charge in [0.1, 0.15) is 0 Å². The zero-order valence-electron chi connectivity index (χ0n) is 9.20. The van der Waals surface area contributed by atoms with Gasteiger partial charge in [0.2, 0.25) is 5.91 Å². The molecule has 0 bridgehead atoms. The molecule has 0 aliphatic carbocycles. The summed E-state index contributed by atoms with van der Waals surface area (Å²) in [4.78, 5) is 13.7. The molecule has 82 valence electrons. The molecule has 1 saturated heterocycles. The number of piperidine rings is 1. The van der Waals surface area contributed by atoms with E-state index in [-0.39, 0.29) is 12.5 Å². The molecule has 1 aliphatic heterocycles. The number of aliphatic hydroxyl groups is 1. The maximum atomic E-state index is 11.7. The third kappa shape index (κ3) is 2.71. The van der Waals surface area contributed by atoms with Gasteiger partial charge in [-0.15, -0.1) is 0 Å². The molecule has 0 radical (unpaired) electrons. The quantitative estimate of drug-likeness (QED) is 0.746. The van der Waals surface area contributed by atoms with Crippen molar-refractivity contribution >= 4 is 5.91 Å². The van der Waals surface area contributed by atoms with Crippen LogP contribution in [0.1, 0.15) is 39.5 Å². The number of carbonyl (C=O) groups excluding carboxylic acids is 1. The SMILES string of the molecule is CC1CCCN(C(=O)CCCO)C1C. The summed E-state index contributed by atoms with van der Waals surface area (Å²) in [6.45, 7) is 5.34. The van der Waals surface area contributed by atoms with E-state index in [1.54, 1.807) is 0 Å². The molecule has 1 rings (SSSR count). The van der Waals surface area contributed by atoms with Gasteiger partial charge in [-0.25, -0.2) is 0 Å². The Morgan fingerprint density at radius 3 is 2.86 bits per heavy atom. The number of carbonyl (C=O) groups is 1. The third-order valence-electron chi connectivity index (χ3n) is 3.24. The Morgan fingerprint density at radius 1 is 1.50 bits per heavy atom. The highest BCUT2D eigenvalue weighted by Gasteiger charge is 2.27. The van der Waals surface area contributed by atoms with Gasteiger partial charge in [0.05, 0.1) is 0 Å². The van der Waals surface area contributed by atoms with E-state index in [1.807, 2.05) is 4.90 Å². The van der Waals surface area contributed by atoms with E-state index in [0.717, 1.165) is 13.0 Å². The molecule has 1 heterocycles. The molecule has 1 fully saturated rings. The molecule has 0 aromatic heterocycles. The summed E-state index contributed by atoms with van der Waals surface area (Å²) >= 11 is 0. The van der Waals surface area contributed by atoms with Gasteiger partial charge in [0.15, 0.2) is 0 Å². The summed E-state index contributed by atoms with van der Waals surface area (Å²) in [5, 5.41) is 8.66. The minimum atomic E-state index is 0.115. The number of likely N-dealkylation sites (tertiary alicyclic amines) is 1. The summed E-state index contributed by atoms with van der Waals surface area (Å²) in [6.07, 6.45) is 3.44. The van der Waals surface area contributed by atoms with Crippen LogP contribution in [-0.4, -0.2) is 35.1 Å². The number of nitrogens with zero attached hydrogens (tertiary/aromatic N) is 1. The van der Waals surface area contributed by atoms with Crippen LogP contribution < -0.4 is 0 Å². The summed E-state index contributed by atoms with van der Waals surface area (Å²) in [5.41, 5.74) is 0. The lowest BCUT2D eigenvalue weighted by molar-refractivity contribution is -0.136. The fourth-order valence-electron chi connectivity index (χ4n) is 2.06. The van der Waals surface area contributed by atoms with E-state index in [0.29, 0.717) is 24.8 Å². The summed E-state index contributed by atoms with van der Waals surface area (Å²) in [6, 6.07) is 0.370. The van der Waals surface area contributed by atoms with Gasteiger partial charge in [-0.05, 0) is 32.1 Å². The second-order valence-electron chi connectivity index (χ2n) is 4.27. The van der Waals surface area contributed by atoms with Crippen LogP contribution in [0.4, 0.5) is 0 Å². The first-order valence-corrected chi connectivity index (χ1v) is 5.57. The second kappa shape index (κ2) is 5.35. The van der Waals surface area contributed by atoms with Gasteiger partial charge < -0.3 is 10.0 Å². The maximum absolute atomic E-state index is 11.7. The van der Waals surface area contributed by atoms with E-state index in [9.17, 15) is 4.79 Å². The van der Waals surface area contributed by atoms with Crippen molar-refractivity contribution in [2.75, 3.05) is 13.2 Å². The molecule has 14 heavy (non-hydrogen) atoms. The van der Waals surface area contributed by atoms with Crippen LogP contribution in [0.3, 0.4) is 0 Å². The molecule has 1 amide bonds. The predicted octanol–water partition coefficient (Wildman–Crippen LogP) is 1.41. The summed E-state index contributed by atoms with van der Waals surface area (Å²) in [5.74, 6) is 0.819. The molecule has 0 aromatic rings. The van der Waals surface area contributed by atoms with Gasteiger partial charge in [-0.2, -0.15) is 0 Å². The van der Waals surface area contributed by atoms with Crippen molar-refractivity contribution in [2.45, 2.75) is 45.6 Å². The van der Waals surface area contributed by atoms with Crippen LogP contribution in [0.2, 0.25) is 0 Å². The molecule has 1 N–H and O–H groups in total. The van der Waals surface area contributed by atoms with E-state index in [2.05, 4.69) is 13.8 Å². The van der Waals surface area contributed by atoms with Crippen LogP contribution in [-0.2, 0) is 4.79 Å². The Hall–Kier alpha value is -0.570. The highest BCUT2D eigenvalue weighted by molar-refractivity contribution is 5.76. The van der Waals surface area contributed by atoms with Crippen molar-refractivity contribution in [3.63, 3.8) is 0 Å². The fourth-order valence-corrected chi connectivity index (χ4v) is 2.06. The Bertz CT molecular complexity index is 194. The van der Waals surface area contributed by atoms with Crippen molar-refractivity contribution in [3.05, 3.63) is 0 Å². The zero-order valence-corrected chi connectivity index (χ0v) is 9.20. The lowest BCUT2D eigenvalue weighted by atomic mass is 9.92. The van der Waals surface area contributed by atoms with Crippen LogP contribution in [0.5, 0.6) is 0 Å². The van der Waals surface area contributed by atoms with E-state index < -0.39 is 0 Å². The van der Waals surface area contributed by atoms with Crippen molar-refractivity contribution in [1.82, 2.24) is 4.90 Å². The van der Waals surface area contributed by atoms with Crippen molar-refractivity contribution in [2.24, 2.45) is 5.92 Å². The van der Waals surface area contributed by atoms with Crippen LogP contribution in [0.15, 0.2) is 0 Å². The lowest BCUT2D eigenvalue weighted by Gasteiger charge is -2.38. The van der Waals surface area contributed by atoms with Crippen molar-refractivity contribution in [3.8, 4) is 0 Å². The Labute approximate surface area is 86.1 Å². The first kappa shape index (κ1) is 11.5. The molecule has 2 atom stereocenters. The zero-order chi connectivity index (χ0) is 10.6. The second-order valence-corrected chi connectivity index (χ2v) is 4.27. The monoisotopic (exact) mass is 199 g/mol. The van der Waals surface area contributed by atoms with Crippen LogP contribution in [0.25, 0.3) is 0 Å². The highest BCUT2D eigenvalue weighted by Crippen LogP contribution is 2.23. The Kier molecular flexibility index (Phi) is 4.39. The molecule has 0 saturated carbocycles. The summed E-state index contributed by atoms with van der Waals surface area (Å²) in [7, 11) is 0. The number of amides is 1. The first-order valence-electron chi connectivity index (χ1n) is 5.57. The molecule has 1 aliphatic rings. The van der Waals surface area contributed by atoms with Gasteiger partial charge in [0.25, 0.3) is 0 Å². The highest BCUT2D eigenvalue weighted by atomic mass is 16.3. The Balaban J connectivity index is 2.44. The molecule has 3 nitrogen and oxygen atoms in total. The van der Waals surface area contributed by atoms with Crippen LogP contribution >= 0.6 is 0 Å². The molecular weight excluding hydrogens is 178 g/mol. The van der Waals surface area contributed by atoms with Crippen LogP contribution in [0, 0.1) is 5.92 Å². The molecule has 0 spiro atoms. The first-order chi connectivity index (χ1) is 6.66. The van der Waals surface area contributed by atoms with E-state index >= 15 is 0 Å². The number of hydrogen-bond donors (Lipinski definition) is 1. The molecule has 3 heteroatoms. The standard InChI is InChI=1S/C11H21NO2/c1-9-5-3-7-12(10(9)2)11(14)6-4-8-13/h9-10,13H,3-8H2,1-2H3. The number of hydrogen-bond acceptors (Lipinski definition) is 2. The smallest absolute Gasteiger partial charge is 0.222 e. The largest absolute Gasteiger partial charge is 0.396 e. The minimum Gasteiger partial charge on any atom is -0.396 e. The van der Waals surface area contributed by atoms with Gasteiger partial charge in [-0.3, -0.25) is 4.79 Å². The maximum Gasteiger partial charge on any atom is 0.222 e. The van der Waals surface area contributed by atoms with Crippen molar-refractivity contribution in [1.29, 1.82) is 0 Å². The average Bonchev–Trinajstić information content (AvgIpc) is 2.18. The van der Waals surface area contributed by atoms with Gasteiger partial charge >= 0.3 is 0 Å². The summed E-state index contributed by atoms with van der Waals surface area (Å²) < 4.78 is 0. The lowest BCUT2D eigenvalue weighted by Crippen LogP contribution is -2.45. The Morgan fingerprint density at radius 2 is 2.21 bits per heavy atom. The average molecular weight is 199 g/mol. The predicted molar refractivity (Wildman–Crippen MR) is 55.9 cm³/mol. The van der Waals surface area contributed by atoms with E-state index in [4.69, 9.17) is 5.11 Å². The molecule has 0 aromatic carbocycles. The fraction of sp³-hybridized carbons (Fsp3) is 0.909. The van der Waals surface area contributed by atoms with Gasteiger partial charge in [0, 0.05) is 25.6 Å². The third-order valence-corrected chi connectivity index (χ3v) is 3.24. The van der Waals surface area contributed by atoms with Gasteiger partial charge in [-0.1, -0.05) is 6.92 Å². The van der Waals surface area contributed by atoms with E-state index in [1.165, 1.54) is 6.42 Å². The normalized spacial score (nSPS) is 27.8. The topological polar surface area (TPSA) is 40.5 Å². The number of aliphatic hydroxyl groups excluding tert-OH is 1. The molecular formula is C11H21NO2. The minimum absolute atomic E-state index is 0.115. The van der Waals surface area contributed by atoms with Crippen molar-refractivity contribution < 1.29 is 9.90 Å². The molecule has 2 unspecified atom stereocenters. The number of rotatable bonds is 3.